The summed E-state index contributed by atoms with van der Waals surface area (Å²) in [6.07, 6.45) is 5.83. The average molecular weight is 645 g/mol. The van der Waals surface area contributed by atoms with E-state index in [2.05, 4.69) is 27.0 Å². The lowest BCUT2D eigenvalue weighted by Gasteiger charge is -2.22. The van der Waals surface area contributed by atoms with Crippen LogP contribution in [0.5, 0.6) is 5.75 Å². The molecule has 0 aromatic heterocycles. The Morgan fingerprint density at radius 3 is 2.20 bits per heavy atom. The molecule has 0 aliphatic heterocycles. The fourth-order valence-corrected chi connectivity index (χ4v) is 5.36. The topological polar surface area (TPSA) is 183 Å². The third kappa shape index (κ3) is 13.9. The van der Waals surface area contributed by atoms with Gasteiger partial charge in [-0.25, -0.2) is 0 Å². The molecule has 8 N–H and O–H groups in total. The van der Waals surface area contributed by atoms with E-state index >= 15 is 0 Å². The SMILES string of the molecule is [2H]N[C@@H](Cc1c(C)cc(O)cc1C)C(=O)N[C@@H](CCSC)C(=O)NCC(=O)N[C@@H](Cc1ccccc1)C(=O)NCCCCCCO. The molecule has 4 amide bonds. The van der Waals surface area contributed by atoms with E-state index in [-0.39, 0.29) is 31.1 Å². The molecule has 45 heavy (non-hydrogen) atoms. The highest BCUT2D eigenvalue weighted by atomic mass is 32.2. The van der Waals surface area contributed by atoms with Crippen LogP contribution in [0.25, 0.3) is 0 Å². The minimum absolute atomic E-state index is 0.119. The van der Waals surface area contributed by atoms with E-state index in [1.54, 1.807) is 12.1 Å². The Morgan fingerprint density at radius 2 is 1.56 bits per heavy atom. The smallest absolute Gasteiger partial charge is 0.243 e. The maximum Gasteiger partial charge on any atom is 0.243 e. The Kier molecular flexibility index (Phi) is 16.3. The summed E-state index contributed by atoms with van der Waals surface area (Å²) in [7, 11) is 0. The number of hydrogen-bond donors (Lipinski definition) is 7. The molecule has 0 aliphatic rings. The summed E-state index contributed by atoms with van der Waals surface area (Å²) >= 11 is 1.50. The van der Waals surface area contributed by atoms with Crippen molar-refractivity contribution in [2.75, 3.05) is 31.7 Å². The second kappa shape index (κ2) is 20.4. The van der Waals surface area contributed by atoms with Crippen LogP contribution in [0, 0.1) is 13.8 Å². The predicted octanol–water partition coefficient (Wildman–Crippen LogP) is 1.63. The molecule has 0 fully saturated rings. The Bertz CT molecular complexity index is 1250. The van der Waals surface area contributed by atoms with Gasteiger partial charge in [-0.1, -0.05) is 43.2 Å². The highest BCUT2D eigenvalue weighted by Crippen LogP contribution is 2.22. The van der Waals surface area contributed by atoms with Gasteiger partial charge in [-0.15, -0.1) is 0 Å². The van der Waals surface area contributed by atoms with Crippen molar-refractivity contribution in [3.05, 3.63) is 64.7 Å². The number of carbonyl (C=O) groups excluding carboxylic acids is 4. The number of carbonyl (C=O) groups is 4. The van der Waals surface area contributed by atoms with Crippen LogP contribution in [0.15, 0.2) is 42.5 Å². The Balaban J connectivity index is 2.01. The first-order valence-corrected chi connectivity index (χ1v) is 16.7. The van der Waals surface area contributed by atoms with Gasteiger partial charge >= 0.3 is 0 Å². The highest BCUT2D eigenvalue weighted by molar-refractivity contribution is 7.98. The van der Waals surface area contributed by atoms with Crippen LogP contribution in [0.4, 0.5) is 0 Å². The number of aromatic hydroxyl groups is 1. The predicted molar refractivity (Wildman–Crippen MR) is 178 cm³/mol. The summed E-state index contributed by atoms with van der Waals surface area (Å²) in [5.41, 5.74) is 5.52. The Hall–Kier alpha value is -3.61. The first-order valence-electron chi connectivity index (χ1n) is 15.8. The molecule has 2 aromatic carbocycles. The van der Waals surface area contributed by atoms with Gasteiger partial charge < -0.3 is 37.2 Å². The Labute approximate surface area is 272 Å². The quantitative estimate of drug-likeness (QED) is 0.100. The molecule has 2 aromatic rings. The zero-order chi connectivity index (χ0) is 33.9. The lowest BCUT2D eigenvalue weighted by Crippen LogP contribution is -2.54. The molecule has 248 valence electrons. The van der Waals surface area contributed by atoms with Crippen molar-refractivity contribution in [1.29, 1.82) is 0 Å². The lowest BCUT2D eigenvalue weighted by molar-refractivity contribution is -0.131. The van der Waals surface area contributed by atoms with Crippen molar-refractivity contribution in [3.63, 3.8) is 0 Å². The van der Waals surface area contributed by atoms with E-state index in [4.69, 9.17) is 6.52 Å². The van der Waals surface area contributed by atoms with E-state index in [0.717, 1.165) is 47.9 Å². The molecule has 12 heteroatoms. The van der Waals surface area contributed by atoms with Gasteiger partial charge in [0.25, 0.3) is 0 Å². The molecule has 0 unspecified atom stereocenters. The van der Waals surface area contributed by atoms with Crippen molar-refractivity contribution < 1.29 is 30.8 Å². The zero-order valence-corrected chi connectivity index (χ0v) is 27.3. The number of thioether (sulfide) groups is 1. The molecular weight excluding hydrogens is 594 g/mol. The van der Waals surface area contributed by atoms with Gasteiger partial charge in [-0.2, -0.15) is 11.8 Å². The van der Waals surface area contributed by atoms with Crippen LogP contribution in [0.2, 0.25) is 1.41 Å². The van der Waals surface area contributed by atoms with Crippen LogP contribution in [0.1, 0.15) is 54.4 Å². The van der Waals surface area contributed by atoms with Gasteiger partial charge in [-0.05, 0) is 85.9 Å². The van der Waals surface area contributed by atoms with E-state index in [1.165, 1.54) is 11.8 Å². The number of hydrogen-bond acceptors (Lipinski definition) is 8. The van der Waals surface area contributed by atoms with Gasteiger partial charge in [-0.3, -0.25) is 19.2 Å². The average Bonchev–Trinajstić information content (AvgIpc) is 3.03. The number of nitrogens with one attached hydrogen (secondary N) is 4. The molecule has 2 rings (SSSR count). The van der Waals surface area contributed by atoms with Crippen molar-refractivity contribution >= 4 is 35.4 Å². The standard InChI is InChI=1S/C33H49N5O6S/c1-22-17-25(40)18-23(2)26(22)20-27(34)31(42)38-28(13-16-45-3)32(43)36-21-30(41)37-29(19-24-11-7-6-8-12-24)33(44)35-14-9-4-5-10-15-39/h6-8,11-12,17-18,27-29,39-40H,4-5,9-10,13-16,19-21,34H2,1-3H3,(H,35,44)(H,36,43)(H,37,41)(H,38,42)/t27-,28-,29-/m0/s1/i/hD. The number of amides is 4. The number of phenolic OH excluding ortho intramolecular Hbond substituents is 1. The lowest BCUT2D eigenvalue weighted by atomic mass is 9.96. The van der Waals surface area contributed by atoms with Crippen molar-refractivity contribution in [1.82, 2.24) is 21.3 Å². The normalized spacial score (nSPS) is 13.2. The van der Waals surface area contributed by atoms with E-state index in [0.29, 0.717) is 18.7 Å². The van der Waals surface area contributed by atoms with Gasteiger partial charge in [0.15, 0.2) is 0 Å². The minimum atomic E-state index is -0.957. The summed E-state index contributed by atoms with van der Waals surface area (Å²) in [6, 6.07) is 9.73. The van der Waals surface area contributed by atoms with E-state index in [9.17, 15) is 24.3 Å². The number of nitrogens with two attached hydrogens (primary N) is 1. The fraction of sp³-hybridized carbons (Fsp3) is 0.515. The van der Waals surface area contributed by atoms with E-state index in [1.807, 2.05) is 50.4 Å². The number of unbranched alkanes of at least 4 members (excludes halogenated alkanes) is 3. The summed E-state index contributed by atoms with van der Waals surface area (Å²) in [5.74, 6) is -1.28. The molecule has 0 saturated heterocycles. The third-order valence-corrected chi connectivity index (χ3v) is 8.03. The third-order valence-electron chi connectivity index (χ3n) is 7.39. The van der Waals surface area contributed by atoms with Crippen LogP contribution < -0.4 is 27.0 Å². The minimum Gasteiger partial charge on any atom is -0.508 e. The summed E-state index contributed by atoms with van der Waals surface area (Å²) < 4.78 is 7.75. The largest absolute Gasteiger partial charge is 0.508 e. The molecule has 0 spiro atoms. The second-order valence-electron chi connectivity index (χ2n) is 11.1. The summed E-state index contributed by atoms with van der Waals surface area (Å²) in [6.45, 7) is 3.82. The number of benzene rings is 2. The van der Waals surface area contributed by atoms with Crippen LogP contribution in [0.3, 0.4) is 0 Å². The first kappa shape index (κ1) is 35.9. The molecule has 0 aliphatic carbocycles. The van der Waals surface area contributed by atoms with Crippen LogP contribution in [-0.4, -0.2) is 83.7 Å². The number of aryl methyl sites for hydroxylation is 2. The van der Waals surface area contributed by atoms with Gasteiger partial charge in [0.2, 0.25) is 23.6 Å². The Morgan fingerprint density at radius 1 is 0.889 bits per heavy atom. The maximum absolute atomic E-state index is 13.2. The van der Waals surface area contributed by atoms with Gasteiger partial charge in [0.1, 0.15) is 19.2 Å². The number of aliphatic hydroxyl groups excluding tert-OH is 1. The number of rotatable bonds is 21. The fourth-order valence-electron chi connectivity index (χ4n) is 4.89. The molecular formula is C33H49N5O6S. The molecule has 11 nitrogen and oxygen atoms in total. The molecule has 3 atom stereocenters. The van der Waals surface area contributed by atoms with Crippen molar-refractivity contribution in [2.24, 2.45) is 5.73 Å². The first-order chi connectivity index (χ1) is 22.1. The molecule has 0 saturated carbocycles. The van der Waals surface area contributed by atoms with Gasteiger partial charge in [0.05, 0.1) is 12.6 Å². The maximum atomic E-state index is 13.2. The molecule has 0 bridgehead atoms. The van der Waals surface area contributed by atoms with Crippen molar-refractivity contribution in [3.8, 4) is 5.75 Å². The monoisotopic (exact) mass is 644 g/mol. The molecule has 0 heterocycles. The number of aliphatic hydroxyl groups is 1. The van der Waals surface area contributed by atoms with Crippen LogP contribution in [-0.2, 0) is 32.0 Å². The number of phenols is 1. The molecule has 0 radical (unpaired) electrons. The van der Waals surface area contributed by atoms with E-state index < -0.39 is 42.4 Å². The van der Waals surface area contributed by atoms with Crippen LogP contribution >= 0.6 is 11.8 Å². The second-order valence-corrected chi connectivity index (χ2v) is 12.1. The zero-order valence-electron chi connectivity index (χ0n) is 27.5. The summed E-state index contributed by atoms with van der Waals surface area (Å²) in [4.78, 5) is 52.3. The highest BCUT2D eigenvalue weighted by Gasteiger charge is 2.26. The summed E-state index contributed by atoms with van der Waals surface area (Å²) in [5, 5.41) is 29.7. The van der Waals surface area contributed by atoms with Gasteiger partial charge in [0, 0.05) is 19.6 Å². The van der Waals surface area contributed by atoms with Crippen molar-refractivity contribution in [2.45, 2.75) is 76.9 Å².